The van der Waals surface area contributed by atoms with Gasteiger partial charge in [-0.3, -0.25) is 9.59 Å². The molecule has 0 spiro atoms. The summed E-state index contributed by atoms with van der Waals surface area (Å²) < 4.78 is 5.83. The molecule has 1 fully saturated rings. The van der Waals surface area contributed by atoms with Gasteiger partial charge in [0.2, 0.25) is 11.8 Å². The summed E-state index contributed by atoms with van der Waals surface area (Å²) >= 11 is 0. The van der Waals surface area contributed by atoms with Crippen LogP contribution in [0.4, 0.5) is 5.69 Å². The quantitative estimate of drug-likeness (QED) is 0.596. The molecule has 0 radical (unpaired) electrons. The van der Waals surface area contributed by atoms with Crippen LogP contribution in [0.5, 0.6) is 11.5 Å². The maximum atomic E-state index is 13.1. The van der Waals surface area contributed by atoms with Crippen molar-refractivity contribution in [2.45, 2.75) is 19.4 Å². The van der Waals surface area contributed by atoms with Crippen LogP contribution >= 0.6 is 0 Å². The number of fused-ring (bicyclic) bond motifs is 1. The molecule has 0 bridgehead atoms. The Hall–Kier alpha value is -3.60. The van der Waals surface area contributed by atoms with Crippen LogP contribution in [0.1, 0.15) is 17.5 Å². The number of ether oxygens (including phenoxy) is 1. The highest BCUT2D eigenvalue weighted by molar-refractivity contribution is 6.09. The molecule has 5 nitrogen and oxygen atoms in total. The first kappa shape index (κ1) is 19.4. The molecule has 0 N–H and O–H groups in total. The summed E-state index contributed by atoms with van der Waals surface area (Å²) in [5.41, 5.74) is 3.27. The second-order valence-corrected chi connectivity index (χ2v) is 8.02. The van der Waals surface area contributed by atoms with Crippen molar-refractivity contribution >= 4 is 17.5 Å². The van der Waals surface area contributed by atoms with E-state index in [0.717, 1.165) is 17.9 Å². The molecule has 156 valence electrons. The average molecular weight is 412 g/mol. The Labute approximate surface area is 181 Å². The van der Waals surface area contributed by atoms with Crippen molar-refractivity contribution in [2.75, 3.05) is 18.0 Å². The largest absolute Gasteiger partial charge is 0.457 e. The number of para-hydroxylation sites is 1. The van der Waals surface area contributed by atoms with Crippen molar-refractivity contribution in [3.05, 3.63) is 90.0 Å². The van der Waals surface area contributed by atoms with Crippen molar-refractivity contribution in [1.82, 2.24) is 4.90 Å². The maximum Gasteiger partial charge on any atom is 0.239 e. The number of carbonyl (C=O) groups is 2. The fourth-order valence-corrected chi connectivity index (χ4v) is 4.39. The summed E-state index contributed by atoms with van der Waals surface area (Å²) in [4.78, 5) is 29.7. The summed E-state index contributed by atoms with van der Waals surface area (Å²) in [6.07, 6.45) is 1.40. The van der Waals surface area contributed by atoms with Gasteiger partial charge in [-0.1, -0.05) is 42.5 Å². The number of carbonyl (C=O) groups excluding carboxylic acids is 2. The fraction of sp³-hybridized carbons (Fsp3) is 0.231. The standard InChI is InChI=1S/C26H24N2O3/c29-25(27-16-14-19-6-4-5-7-20(19)18-27)24-15-17-28(26(24)30)21-10-12-23(13-11-21)31-22-8-2-1-3-9-22/h1-13,24H,14-18H2. The van der Waals surface area contributed by atoms with Crippen LogP contribution in [-0.4, -0.2) is 29.8 Å². The molecule has 5 heteroatoms. The van der Waals surface area contributed by atoms with Crippen molar-refractivity contribution in [2.24, 2.45) is 5.92 Å². The van der Waals surface area contributed by atoms with Gasteiger partial charge in [0.1, 0.15) is 17.4 Å². The lowest BCUT2D eigenvalue weighted by atomic mass is 9.98. The highest BCUT2D eigenvalue weighted by Crippen LogP contribution is 2.30. The normalized spacial score (nSPS) is 18.1. The predicted molar refractivity (Wildman–Crippen MR) is 119 cm³/mol. The lowest BCUT2D eigenvalue weighted by molar-refractivity contribution is -0.140. The molecule has 1 saturated heterocycles. The molecule has 5 rings (SSSR count). The predicted octanol–water partition coefficient (Wildman–Crippen LogP) is 4.42. The topological polar surface area (TPSA) is 49.9 Å². The fourth-order valence-electron chi connectivity index (χ4n) is 4.39. The first-order valence-electron chi connectivity index (χ1n) is 10.7. The van der Waals surface area contributed by atoms with E-state index in [1.807, 2.05) is 71.6 Å². The maximum absolute atomic E-state index is 13.1. The molecule has 2 heterocycles. The molecule has 2 amide bonds. The summed E-state index contributed by atoms with van der Waals surface area (Å²) in [6.45, 7) is 1.81. The van der Waals surface area contributed by atoms with Crippen LogP contribution in [0.2, 0.25) is 0 Å². The van der Waals surface area contributed by atoms with E-state index < -0.39 is 5.92 Å². The molecule has 1 atom stereocenters. The third kappa shape index (κ3) is 3.91. The lowest BCUT2D eigenvalue weighted by Gasteiger charge is -2.30. The second kappa shape index (κ2) is 8.26. The number of hydrogen-bond acceptors (Lipinski definition) is 3. The Kier molecular flexibility index (Phi) is 5.16. The molecular weight excluding hydrogens is 388 g/mol. The smallest absolute Gasteiger partial charge is 0.239 e. The third-order valence-electron chi connectivity index (χ3n) is 6.07. The minimum Gasteiger partial charge on any atom is -0.457 e. The first-order chi connectivity index (χ1) is 15.2. The number of amides is 2. The highest BCUT2D eigenvalue weighted by atomic mass is 16.5. The molecule has 1 unspecified atom stereocenters. The minimum absolute atomic E-state index is 0.0500. The van der Waals surface area contributed by atoms with Crippen LogP contribution in [0.25, 0.3) is 0 Å². The third-order valence-corrected chi connectivity index (χ3v) is 6.07. The van der Waals surface area contributed by atoms with Gasteiger partial charge in [0, 0.05) is 25.3 Å². The number of anilines is 1. The van der Waals surface area contributed by atoms with Crippen molar-refractivity contribution in [3.8, 4) is 11.5 Å². The van der Waals surface area contributed by atoms with Crippen LogP contribution in [-0.2, 0) is 22.6 Å². The van der Waals surface area contributed by atoms with Gasteiger partial charge in [0.05, 0.1) is 0 Å². The van der Waals surface area contributed by atoms with Gasteiger partial charge in [-0.05, 0) is 60.4 Å². The SMILES string of the molecule is O=C(C1CCN(c2ccc(Oc3ccccc3)cc2)C1=O)N1CCc2ccccc2C1. The van der Waals surface area contributed by atoms with Gasteiger partial charge in [-0.2, -0.15) is 0 Å². The molecule has 3 aromatic rings. The van der Waals surface area contributed by atoms with Gasteiger partial charge < -0.3 is 14.5 Å². The van der Waals surface area contributed by atoms with Crippen LogP contribution < -0.4 is 9.64 Å². The van der Waals surface area contributed by atoms with E-state index in [-0.39, 0.29) is 11.8 Å². The number of benzene rings is 3. The van der Waals surface area contributed by atoms with E-state index in [4.69, 9.17) is 4.74 Å². The Morgan fingerprint density at radius 2 is 1.48 bits per heavy atom. The van der Waals surface area contributed by atoms with Crippen LogP contribution in [0, 0.1) is 5.92 Å². The van der Waals surface area contributed by atoms with Gasteiger partial charge in [0.15, 0.2) is 0 Å². The van der Waals surface area contributed by atoms with Gasteiger partial charge in [-0.15, -0.1) is 0 Å². The molecule has 0 saturated carbocycles. The molecular formula is C26H24N2O3. The first-order valence-corrected chi connectivity index (χ1v) is 10.7. The highest BCUT2D eigenvalue weighted by Gasteiger charge is 2.40. The Morgan fingerprint density at radius 3 is 2.26 bits per heavy atom. The molecule has 2 aliphatic heterocycles. The van der Waals surface area contributed by atoms with E-state index in [1.54, 1.807) is 4.90 Å². The van der Waals surface area contributed by atoms with E-state index in [2.05, 4.69) is 12.1 Å². The molecule has 0 aliphatic carbocycles. The minimum atomic E-state index is -0.592. The van der Waals surface area contributed by atoms with Crippen molar-refractivity contribution in [1.29, 1.82) is 0 Å². The van der Waals surface area contributed by atoms with Crippen LogP contribution in [0.3, 0.4) is 0 Å². The van der Waals surface area contributed by atoms with E-state index in [0.29, 0.717) is 31.8 Å². The molecule has 0 aromatic heterocycles. The summed E-state index contributed by atoms with van der Waals surface area (Å²) in [5.74, 6) is 0.722. The van der Waals surface area contributed by atoms with Crippen molar-refractivity contribution < 1.29 is 14.3 Å². The van der Waals surface area contributed by atoms with E-state index in [9.17, 15) is 9.59 Å². The van der Waals surface area contributed by atoms with Crippen molar-refractivity contribution in [3.63, 3.8) is 0 Å². The molecule has 2 aliphatic rings. The average Bonchev–Trinajstić information content (AvgIpc) is 3.20. The zero-order chi connectivity index (χ0) is 21.2. The van der Waals surface area contributed by atoms with Gasteiger partial charge in [0.25, 0.3) is 0 Å². The summed E-state index contributed by atoms with van der Waals surface area (Å²) in [5, 5.41) is 0. The van der Waals surface area contributed by atoms with Gasteiger partial charge in [-0.25, -0.2) is 0 Å². The number of rotatable bonds is 4. The monoisotopic (exact) mass is 412 g/mol. The Bertz CT molecular complexity index is 1100. The van der Waals surface area contributed by atoms with E-state index in [1.165, 1.54) is 11.1 Å². The Balaban J connectivity index is 1.25. The number of hydrogen-bond donors (Lipinski definition) is 0. The van der Waals surface area contributed by atoms with Gasteiger partial charge >= 0.3 is 0 Å². The molecule has 3 aromatic carbocycles. The van der Waals surface area contributed by atoms with Crippen LogP contribution in [0.15, 0.2) is 78.9 Å². The lowest BCUT2D eigenvalue weighted by Crippen LogP contribution is -2.42. The van der Waals surface area contributed by atoms with E-state index >= 15 is 0 Å². The summed E-state index contributed by atoms with van der Waals surface area (Å²) in [7, 11) is 0. The second-order valence-electron chi connectivity index (χ2n) is 8.02. The number of nitrogens with zero attached hydrogens (tertiary/aromatic N) is 2. The molecule has 31 heavy (non-hydrogen) atoms. The zero-order valence-corrected chi connectivity index (χ0v) is 17.2. The Morgan fingerprint density at radius 1 is 0.806 bits per heavy atom. The summed E-state index contributed by atoms with van der Waals surface area (Å²) in [6, 6.07) is 25.2. The zero-order valence-electron chi connectivity index (χ0n) is 17.2.